The maximum Gasteiger partial charge on any atom is 0.267 e. The highest BCUT2D eigenvalue weighted by atomic mass is 16.5. The van der Waals surface area contributed by atoms with Crippen molar-refractivity contribution in [2.45, 2.75) is 45.8 Å². The summed E-state index contributed by atoms with van der Waals surface area (Å²) >= 11 is 0. The lowest BCUT2D eigenvalue weighted by molar-refractivity contribution is 0.00306. The van der Waals surface area contributed by atoms with E-state index in [1.54, 1.807) is 6.07 Å². The molecular weight excluding hydrogens is 204 g/mol. The van der Waals surface area contributed by atoms with Crippen molar-refractivity contribution in [1.82, 2.24) is 9.78 Å². The Morgan fingerprint density at radius 1 is 1.50 bits per heavy atom. The Kier molecular flexibility index (Phi) is 3.39. The summed E-state index contributed by atoms with van der Waals surface area (Å²) < 4.78 is 7.13. The molecule has 1 aliphatic heterocycles. The van der Waals surface area contributed by atoms with Gasteiger partial charge in [0.2, 0.25) is 0 Å². The second-order valence-corrected chi connectivity index (χ2v) is 4.42. The molecule has 0 radical (unpaired) electrons. The molecule has 1 aliphatic rings. The summed E-state index contributed by atoms with van der Waals surface area (Å²) in [7, 11) is 0. The highest BCUT2D eigenvalue weighted by molar-refractivity contribution is 5.13. The van der Waals surface area contributed by atoms with Gasteiger partial charge >= 0.3 is 0 Å². The molecule has 2 heterocycles. The van der Waals surface area contributed by atoms with Crippen molar-refractivity contribution in [3.8, 4) is 0 Å². The lowest BCUT2D eigenvalue weighted by Crippen LogP contribution is -2.32. The molecule has 88 valence electrons. The Bertz CT molecular complexity index is 420. The highest BCUT2D eigenvalue weighted by Crippen LogP contribution is 2.13. The first-order valence-corrected chi connectivity index (χ1v) is 5.84. The molecule has 1 unspecified atom stereocenters. The number of hydrogen-bond acceptors (Lipinski definition) is 3. The highest BCUT2D eigenvalue weighted by Gasteiger charge is 2.15. The lowest BCUT2D eigenvalue weighted by Gasteiger charge is -2.22. The Morgan fingerprint density at radius 3 is 3.00 bits per heavy atom. The van der Waals surface area contributed by atoms with Crippen molar-refractivity contribution >= 4 is 0 Å². The van der Waals surface area contributed by atoms with Gasteiger partial charge in [-0.05, 0) is 38.7 Å². The van der Waals surface area contributed by atoms with Crippen molar-refractivity contribution in [1.29, 1.82) is 0 Å². The normalized spacial score (nSPS) is 21.0. The molecule has 0 bridgehead atoms. The van der Waals surface area contributed by atoms with Gasteiger partial charge in [-0.1, -0.05) is 0 Å². The summed E-state index contributed by atoms with van der Waals surface area (Å²) in [6.07, 6.45) is 3.50. The van der Waals surface area contributed by atoms with Crippen LogP contribution in [-0.2, 0) is 11.3 Å². The summed E-state index contributed by atoms with van der Waals surface area (Å²) in [6, 6.07) is 1.64. The molecule has 4 nitrogen and oxygen atoms in total. The van der Waals surface area contributed by atoms with Gasteiger partial charge in [0.1, 0.15) is 0 Å². The molecule has 1 aromatic rings. The van der Waals surface area contributed by atoms with Gasteiger partial charge in [0.15, 0.2) is 0 Å². The molecule has 4 heteroatoms. The molecule has 0 amide bonds. The van der Waals surface area contributed by atoms with E-state index < -0.39 is 0 Å². The first kappa shape index (κ1) is 11.3. The van der Waals surface area contributed by atoms with Crippen LogP contribution in [0.5, 0.6) is 0 Å². The Balaban J connectivity index is 2.14. The van der Waals surface area contributed by atoms with Gasteiger partial charge in [0.05, 0.1) is 18.3 Å². The van der Waals surface area contributed by atoms with E-state index >= 15 is 0 Å². The number of nitrogens with zero attached hydrogens (tertiary/aromatic N) is 2. The minimum absolute atomic E-state index is 0.0303. The molecule has 0 N–H and O–H groups in total. The number of hydrogen-bond donors (Lipinski definition) is 0. The number of ether oxygens (including phenoxy) is 1. The van der Waals surface area contributed by atoms with E-state index in [9.17, 15) is 4.79 Å². The van der Waals surface area contributed by atoms with E-state index in [0.29, 0.717) is 6.54 Å². The predicted molar refractivity (Wildman–Crippen MR) is 61.6 cm³/mol. The zero-order valence-corrected chi connectivity index (χ0v) is 9.90. The van der Waals surface area contributed by atoms with Crippen molar-refractivity contribution in [3.63, 3.8) is 0 Å². The molecule has 1 fully saturated rings. The van der Waals surface area contributed by atoms with Crippen molar-refractivity contribution < 1.29 is 4.74 Å². The maximum absolute atomic E-state index is 11.7. The predicted octanol–water partition coefficient (Wildman–Crippen LogP) is 1.43. The SMILES string of the molecule is Cc1cc(=O)n(CC2CCCCO2)nc1C. The third-order valence-electron chi connectivity index (χ3n) is 3.09. The quantitative estimate of drug-likeness (QED) is 0.760. The van der Waals surface area contributed by atoms with Gasteiger partial charge in [-0.15, -0.1) is 0 Å². The minimum atomic E-state index is -0.0303. The van der Waals surface area contributed by atoms with Gasteiger partial charge in [-0.2, -0.15) is 5.10 Å². The summed E-state index contributed by atoms with van der Waals surface area (Å²) in [5.41, 5.74) is 1.83. The average molecular weight is 222 g/mol. The molecule has 0 saturated carbocycles. The lowest BCUT2D eigenvalue weighted by atomic mass is 10.1. The fourth-order valence-electron chi connectivity index (χ4n) is 1.95. The van der Waals surface area contributed by atoms with Crippen molar-refractivity contribution in [2.75, 3.05) is 6.61 Å². The van der Waals surface area contributed by atoms with Gasteiger partial charge in [-0.25, -0.2) is 4.68 Å². The van der Waals surface area contributed by atoms with Crippen LogP contribution in [0, 0.1) is 13.8 Å². The fourth-order valence-corrected chi connectivity index (χ4v) is 1.95. The van der Waals surface area contributed by atoms with Gasteiger partial charge in [-0.3, -0.25) is 4.79 Å². The van der Waals surface area contributed by atoms with Crippen LogP contribution in [0.2, 0.25) is 0 Å². The van der Waals surface area contributed by atoms with Gasteiger partial charge in [0, 0.05) is 12.7 Å². The van der Waals surface area contributed by atoms with Crippen LogP contribution in [0.25, 0.3) is 0 Å². The molecule has 1 saturated heterocycles. The largest absolute Gasteiger partial charge is 0.376 e. The number of aromatic nitrogens is 2. The van der Waals surface area contributed by atoms with E-state index in [1.165, 1.54) is 11.1 Å². The second-order valence-electron chi connectivity index (χ2n) is 4.42. The Labute approximate surface area is 95.2 Å². The molecule has 0 aromatic carbocycles. The second kappa shape index (κ2) is 4.78. The van der Waals surface area contributed by atoms with Crippen LogP contribution in [-0.4, -0.2) is 22.5 Å². The van der Waals surface area contributed by atoms with E-state index in [1.807, 2.05) is 13.8 Å². The van der Waals surface area contributed by atoms with Gasteiger partial charge in [0.25, 0.3) is 5.56 Å². The van der Waals surface area contributed by atoms with Crippen LogP contribution in [0.4, 0.5) is 0 Å². The van der Waals surface area contributed by atoms with E-state index in [2.05, 4.69) is 5.10 Å². The van der Waals surface area contributed by atoms with Crippen molar-refractivity contribution in [3.05, 3.63) is 27.7 Å². The molecular formula is C12H18N2O2. The molecule has 16 heavy (non-hydrogen) atoms. The summed E-state index contributed by atoms with van der Waals surface area (Å²) in [5.74, 6) is 0. The van der Waals surface area contributed by atoms with E-state index in [0.717, 1.165) is 30.7 Å². The summed E-state index contributed by atoms with van der Waals surface area (Å²) in [5, 5.41) is 4.29. The monoisotopic (exact) mass is 222 g/mol. The van der Waals surface area contributed by atoms with Crippen LogP contribution >= 0.6 is 0 Å². The Hall–Kier alpha value is -1.16. The van der Waals surface area contributed by atoms with Crippen LogP contribution < -0.4 is 5.56 Å². The topological polar surface area (TPSA) is 44.1 Å². The summed E-state index contributed by atoms with van der Waals surface area (Å²) in [6.45, 7) is 5.22. The third kappa shape index (κ3) is 2.50. The molecule has 1 aromatic heterocycles. The van der Waals surface area contributed by atoms with Crippen molar-refractivity contribution in [2.24, 2.45) is 0 Å². The third-order valence-corrected chi connectivity index (χ3v) is 3.09. The zero-order chi connectivity index (χ0) is 11.5. The van der Waals surface area contributed by atoms with Gasteiger partial charge < -0.3 is 4.74 Å². The zero-order valence-electron chi connectivity index (χ0n) is 9.90. The maximum atomic E-state index is 11.7. The fraction of sp³-hybridized carbons (Fsp3) is 0.667. The molecule has 0 spiro atoms. The van der Waals surface area contributed by atoms with E-state index in [-0.39, 0.29) is 11.7 Å². The summed E-state index contributed by atoms with van der Waals surface area (Å²) in [4.78, 5) is 11.7. The van der Waals surface area contributed by atoms with Crippen LogP contribution in [0.1, 0.15) is 30.5 Å². The standard InChI is InChI=1S/C12H18N2O2/c1-9-7-12(15)14(13-10(9)2)8-11-5-3-4-6-16-11/h7,11H,3-6,8H2,1-2H3. The first-order chi connectivity index (χ1) is 7.66. The Morgan fingerprint density at radius 2 is 2.31 bits per heavy atom. The molecule has 0 aliphatic carbocycles. The van der Waals surface area contributed by atoms with Crippen LogP contribution in [0.3, 0.4) is 0 Å². The number of aryl methyl sites for hydroxylation is 2. The van der Waals surface area contributed by atoms with E-state index in [4.69, 9.17) is 4.74 Å². The number of rotatable bonds is 2. The average Bonchev–Trinajstić information content (AvgIpc) is 2.27. The minimum Gasteiger partial charge on any atom is -0.376 e. The smallest absolute Gasteiger partial charge is 0.267 e. The first-order valence-electron chi connectivity index (χ1n) is 5.84. The molecule has 1 atom stereocenters. The molecule has 2 rings (SSSR count). The van der Waals surface area contributed by atoms with Crippen LogP contribution in [0.15, 0.2) is 10.9 Å².